The van der Waals surface area contributed by atoms with Crippen LogP contribution in [0.3, 0.4) is 0 Å². The molecule has 2 saturated heterocycles. The van der Waals surface area contributed by atoms with E-state index in [9.17, 15) is 13.2 Å². The normalized spacial score (nSPS) is 20.8. The van der Waals surface area contributed by atoms with Crippen molar-refractivity contribution in [2.24, 2.45) is 0 Å². The van der Waals surface area contributed by atoms with Crippen LogP contribution in [-0.2, 0) is 17.5 Å². The number of halogens is 3. The van der Waals surface area contributed by atoms with E-state index in [4.69, 9.17) is 4.74 Å². The highest BCUT2D eigenvalue weighted by atomic mass is 19.4. The van der Waals surface area contributed by atoms with Gasteiger partial charge in [-0.1, -0.05) is 18.2 Å². The van der Waals surface area contributed by atoms with Crippen LogP contribution in [0, 0.1) is 0 Å². The number of anilines is 2. The van der Waals surface area contributed by atoms with E-state index in [0.29, 0.717) is 31.3 Å². The van der Waals surface area contributed by atoms with Gasteiger partial charge in [-0.3, -0.25) is 4.90 Å². The van der Waals surface area contributed by atoms with E-state index >= 15 is 0 Å². The first-order chi connectivity index (χ1) is 14.0. The minimum atomic E-state index is -4.33. The molecular formula is C20H24F3N5O. The first-order valence-electron chi connectivity index (χ1n) is 9.79. The number of aromatic nitrogens is 2. The van der Waals surface area contributed by atoms with Crippen molar-refractivity contribution in [3.63, 3.8) is 0 Å². The molecule has 2 aliphatic heterocycles. The number of hydrogen-bond acceptors (Lipinski definition) is 6. The van der Waals surface area contributed by atoms with Gasteiger partial charge in [0.2, 0.25) is 5.95 Å². The summed E-state index contributed by atoms with van der Waals surface area (Å²) in [5, 5.41) is 3.41. The topological polar surface area (TPSA) is 53.5 Å². The van der Waals surface area contributed by atoms with Gasteiger partial charge in [-0.05, 0) is 24.1 Å². The summed E-state index contributed by atoms with van der Waals surface area (Å²) < 4.78 is 45.0. The molecule has 1 N–H and O–H groups in total. The second-order valence-electron chi connectivity index (χ2n) is 7.36. The molecule has 0 spiro atoms. The standard InChI is InChI=1S/C20H24F3N5O/c21-20(22,23)17-4-2-1-3-15(17)13-27-8-6-16(14-27)25-18-5-7-24-19(26-18)28-9-11-29-12-10-28/h1-5,7,16H,6,8-14H2,(H,24,25,26). The fourth-order valence-electron chi connectivity index (χ4n) is 3.82. The fraction of sp³-hybridized carbons (Fsp3) is 0.500. The summed E-state index contributed by atoms with van der Waals surface area (Å²) in [6, 6.07) is 7.76. The summed E-state index contributed by atoms with van der Waals surface area (Å²) in [6.45, 7) is 4.56. The number of likely N-dealkylation sites (tertiary alicyclic amines) is 1. The van der Waals surface area contributed by atoms with Crippen molar-refractivity contribution in [3.8, 4) is 0 Å². The molecule has 1 unspecified atom stereocenters. The molecule has 0 saturated carbocycles. The molecule has 4 rings (SSSR count). The molecule has 2 aliphatic rings. The monoisotopic (exact) mass is 407 g/mol. The number of alkyl halides is 3. The molecule has 2 fully saturated rings. The Labute approximate surface area is 167 Å². The quantitative estimate of drug-likeness (QED) is 0.823. The van der Waals surface area contributed by atoms with Gasteiger partial charge >= 0.3 is 6.18 Å². The molecule has 0 aliphatic carbocycles. The maximum atomic E-state index is 13.2. The third kappa shape index (κ3) is 4.97. The Balaban J connectivity index is 1.36. The van der Waals surface area contributed by atoms with E-state index in [1.807, 2.05) is 11.0 Å². The Morgan fingerprint density at radius 2 is 1.90 bits per heavy atom. The Hall–Kier alpha value is -2.39. The number of morpholine rings is 1. The lowest BCUT2D eigenvalue weighted by atomic mass is 10.1. The van der Waals surface area contributed by atoms with Crippen LogP contribution in [-0.4, -0.2) is 60.3 Å². The Kier molecular flexibility index (Phi) is 5.86. The van der Waals surface area contributed by atoms with Crippen LogP contribution in [0.4, 0.5) is 24.9 Å². The number of ether oxygens (including phenoxy) is 1. The zero-order valence-electron chi connectivity index (χ0n) is 16.0. The SMILES string of the molecule is FC(F)(F)c1ccccc1CN1CCC(Nc2ccnc(N3CCOCC3)n2)C1. The van der Waals surface area contributed by atoms with E-state index in [1.54, 1.807) is 18.3 Å². The number of benzene rings is 1. The zero-order valence-corrected chi connectivity index (χ0v) is 16.0. The number of nitrogens with one attached hydrogen (secondary N) is 1. The van der Waals surface area contributed by atoms with Crippen LogP contribution >= 0.6 is 0 Å². The largest absolute Gasteiger partial charge is 0.416 e. The highest BCUT2D eigenvalue weighted by molar-refractivity contribution is 5.42. The number of hydrogen-bond donors (Lipinski definition) is 1. The summed E-state index contributed by atoms with van der Waals surface area (Å²) >= 11 is 0. The van der Waals surface area contributed by atoms with Gasteiger partial charge in [-0.2, -0.15) is 18.2 Å². The lowest BCUT2D eigenvalue weighted by Crippen LogP contribution is -2.37. The molecule has 0 radical (unpaired) electrons. The van der Waals surface area contributed by atoms with Crippen molar-refractivity contribution in [3.05, 3.63) is 47.7 Å². The van der Waals surface area contributed by atoms with Crippen LogP contribution < -0.4 is 10.2 Å². The first kappa shape index (κ1) is 19.9. The highest BCUT2D eigenvalue weighted by Crippen LogP contribution is 2.33. The van der Waals surface area contributed by atoms with Crippen molar-refractivity contribution in [1.29, 1.82) is 0 Å². The molecule has 2 aromatic rings. The highest BCUT2D eigenvalue weighted by Gasteiger charge is 2.34. The van der Waals surface area contributed by atoms with Gasteiger partial charge in [0, 0.05) is 45.0 Å². The van der Waals surface area contributed by atoms with Crippen molar-refractivity contribution in [2.75, 3.05) is 49.6 Å². The molecule has 3 heterocycles. The van der Waals surface area contributed by atoms with Crippen LogP contribution in [0.2, 0.25) is 0 Å². The maximum Gasteiger partial charge on any atom is 0.416 e. The molecule has 9 heteroatoms. The lowest BCUT2D eigenvalue weighted by molar-refractivity contribution is -0.138. The van der Waals surface area contributed by atoms with Crippen molar-refractivity contribution >= 4 is 11.8 Å². The van der Waals surface area contributed by atoms with Gasteiger partial charge in [0.25, 0.3) is 0 Å². The summed E-state index contributed by atoms with van der Waals surface area (Å²) in [7, 11) is 0. The van der Waals surface area contributed by atoms with E-state index in [0.717, 1.165) is 37.9 Å². The van der Waals surface area contributed by atoms with Gasteiger partial charge in [-0.15, -0.1) is 0 Å². The predicted molar refractivity (Wildman–Crippen MR) is 104 cm³/mol. The van der Waals surface area contributed by atoms with Gasteiger partial charge in [-0.25, -0.2) is 4.98 Å². The predicted octanol–water partition coefficient (Wildman–Crippen LogP) is 3.02. The third-order valence-corrected chi connectivity index (χ3v) is 5.28. The molecule has 0 bridgehead atoms. The smallest absolute Gasteiger partial charge is 0.378 e. The third-order valence-electron chi connectivity index (χ3n) is 5.28. The van der Waals surface area contributed by atoms with Crippen LogP contribution in [0.25, 0.3) is 0 Å². The summed E-state index contributed by atoms with van der Waals surface area (Å²) in [5.41, 5.74) is -0.236. The Bertz CT molecular complexity index is 826. The number of nitrogens with zero attached hydrogens (tertiary/aromatic N) is 4. The van der Waals surface area contributed by atoms with E-state index in [2.05, 4.69) is 20.2 Å². The second kappa shape index (κ2) is 8.54. The molecule has 1 aromatic carbocycles. The first-order valence-corrected chi connectivity index (χ1v) is 9.79. The zero-order chi connectivity index (χ0) is 20.3. The van der Waals surface area contributed by atoms with E-state index in [-0.39, 0.29) is 12.6 Å². The fourth-order valence-corrected chi connectivity index (χ4v) is 3.82. The van der Waals surface area contributed by atoms with Gasteiger partial charge < -0.3 is 15.0 Å². The minimum absolute atomic E-state index is 0.139. The van der Waals surface area contributed by atoms with Gasteiger partial charge in [0.1, 0.15) is 5.82 Å². The molecule has 1 aromatic heterocycles. The molecular weight excluding hydrogens is 383 g/mol. The summed E-state index contributed by atoms with van der Waals surface area (Å²) in [6.07, 6.45) is -1.75. The van der Waals surface area contributed by atoms with Crippen molar-refractivity contribution in [1.82, 2.24) is 14.9 Å². The van der Waals surface area contributed by atoms with Crippen LogP contribution in [0.5, 0.6) is 0 Å². The molecule has 156 valence electrons. The minimum Gasteiger partial charge on any atom is -0.378 e. The molecule has 1 atom stereocenters. The van der Waals surface area contributed by atoms with E-state index in [1.165, 1.54) is 6.07 Å². The molecule has 29 heavy (non-hydrogen) atoms. The lowest BCUT2D eigenvalue weighted by Gasteiger charge is -2.27. The number of rotatable bonds is 5. The maximum absolute atomic E-state index is 13.2. The summed E-state index contributed by atoms with van der Waals surface area (Å²) in [4.78, 5) is 13.1. The van der Waals surface area contributed by atoms with Crippen molar-refractivity contribution < 1.29 is 17.9 Å². The van der Waals surface area contributed by atoms with Crippen molar-refractivity contribution in [2.45, 2.75) is 25.2 Å². The average molecular weight is 407 g/mol. The van der Waals surface area contributed by atoms with Gasteiger partial charge in [0.05, 0.1) is 18.8 Å². The Morgan fingerprint density at radius 1 is 1.10 bits per heavy atom. The Morgan fingerprint density at radius 3 is 2.69 bits per heavy atom. The van der Waals surface area contributed by atoms with Gasteiger partial charge in [0.15, 0.2) is 0 Å². The second-order valence-corrected chi connectivity index (χ2v) is 7.36. The average Bonchev–Trinajstić information content (AvgIpc) is 3.15. The van der Waals surface area contributed by atoms with Crippen LogP contribution in [0.1, 0.15) is 17.5 Å². The molecule has 6 nitrogen and oxygen atoms in total. The molecule has 0 amide bonds. The van der Waals surface area contributed by atoms with E-state index < -0.39 is 11.7 Å². The summed E-state index contributed by atoms with van der Waals surface area (Å²) in [5.74, 6) is 1.41. The van der Waals surface area contributed by atoms with Crippen LogP contribution in [0.15, 0.2) is 36.5 Å².